The number of hydrogen-bond donors (Lipinski definition) is 1. The second-order valence-corrected chi connectivity index (χ2v) is 4.41. The number of hydrogen-bond acceptors (Lipinski definition) is 3. The normalized spacial score (nSPS) is 17.2. The SMILES string of the molecule is CN1CCCC1=O.CS(N)(=O)=O. The van der Waals surface area contributed by atoms with E-state index < -0.39 is 10.0 Å². The minimum Gasteiger partial charge on any atom is -0.346 e. The van der Waals surface area contributed by atoms with Gasteiger partial charge in [-0.15, -0.1) is 0 Å². The third kappa shape index (κ3) is 7.49. The van der Waals surface area contributed by atoms with Gasteiger partial charge in [0.2, 0.25) is 15.9 Å². The van der Waals surface area contributed by atoms with E-state index in [9.17, 15) is 13.2 Å². The molecule has 0 aliphatic carbocycles. The second-order valence-electron chi connectivity index (χ2n) is 2.75. The lowest BCUT2D eigenvalue weighted by Gasteiger charge is -2.03. The topological polar surface area (TPSA) is 80.5 Å². The number of carbonyl (C=O) groups is 1. The number of sulfonamides is 1. The van der Waals surface area contributed by atoms with Crippen molar-refractivity contribution >= 4 is 15.9 Å². The molecular weight excluding hydrogens is 180 g/mol. The van der Waals surface area contributed by atoms with Crippen molar-refractivity contribution in [3.63, 3.8) is 0 Å². The Labute approximate surface area is 72.6 Å². The van der Waals surface area contributed by atoms with Crippen LogP contribution in [0.1, 0.15) is 12.8 Å². The molecule has 0 aromatic carbocycles. The highest BCUT2D eigenvalue weighted by Crippen LogP contribution is 2.04. The molecule has 1 amide bonds. The van der Waals surface area contributed by atoms with Crippen molar-refractivity contribution in [3.05, 3.63) is 0 Å². The summed E-state index contributed by atoms with van der Waals surface area (Å²) in [4.78, 5) is 12.3. The molecule has 0 unspecified atom stereocenters. The number of nitrogens with zero attached hydrogens (tertiary/aromatic N) is 1. The summed E-state index contributed by atoms with van der Waals surface area (Å²) in [5, 5.41) is 4.33. The van der Waals surface area contributed by atoms with E-state index in [-0.39, 0.29) is 0 Å². The fourth-order valence-corrected chi connectivity index (χ4v) is 0.783. The molecule has 1 saturated heterocycles. The van der Waals surface area contributed by atoms with E-state index in [0.29, 0.717) is 5.91 Å². The van der Waals surface area contributed by atoms with Crippen LogP contribution in [0.5, 0.6) is 0 Å². The molecule has 2 N–H and O–H groups in total. The molecule has 1 aliphatic rings. The van der Waals surface area contributed by atoms with Gasteiger partial charge < -0.3 is 4.90 Å². The zero-order valence-corrected chi connectivity index (χ0v) is 8.10. The van der Waals surface area contributed by atoms with Gasteiger partial charge in [0.25, 0.3) is 0 Å². The van der Waals surface area contributed by atoms with Crippen LogP contribution in [0.15, 0.2) is 0 Å². The standard InChI is InChI=1S/C5H9NO.CH5NO2S/c1-6-4-2-3-5(6)7;1-5(2,3)4/h2-4H2,1H3;1H3,(H2,2,3,4). The summed E-state index contributed by atoms with van der Waals surface area (Å²) in [7, 11) is -1.32. The minimum atomic E-state index is -3.17. The summed E-state index contributed by atoms with van der Waals surface area (Å²) >= 11 is 0. The smallest absolute Gasteiger partial charge is 0.222 e. The predicted molar refractivity (Wildman–Crippen MR) is 45.9 cm³/mol. The Morgan fingerprint density at radius 1 is 1.50 bits per heavy atom. The Morgan fingerprint density at radius 3 is 2.00 bits per heavy atom. The highest BCUT2D eigenvalue weighted by atomic mass is 32.2. The van der Waals surface area contributed by atoms with E-state index in [2.05, 4.69) is 5.14 Å². The maximum absolute atomic E-state index is 10.5. The predicted octanol–water partition coefficient (Wildman–Crippen LogP) is -0.857. The summed E-state index contributed by atoms with van der Waals surface area (Å²) in [5.41, 5.74) is 0. The molecular formula is C6H14N2O3S. The summed E-state index contributed by atoms with van der Waals surface area (Å²) in [6.45, 7) is 0.957. The molecule has 1 fully saturated rings. The van der Waals surface area contributed by atoms with Gasteiger partial charge in [-0.1, -0.05) is 0 Å². The van der Waals surface area contributed by atoms with Crippen LogP contribution in [0.3, 0.4) is 0 Å². The number of nitrogens with two attached hydrogens (primary N) is 1. The number of carbonyl (C=O) groups excluding carboxylic acids is 1. The largest absolute Gasteiger partial charge is 0.346 e. The molecule has 1 heterocycles. The zero-order chi connectivity index (χ0) is 9.78. The zero-order valence-electron chi connectivity index (χ0n) is 7.28. The number of likely N-dealkylation sites (tertiary alicyclic amines) is 1. The van der Waals surface area contributed by atoms with Crippen LogP contribution in [0.4, 0.5) is 0 Å². The molecule has 1 aliphatic heterocycles. The molecule has 0 aromatic rings. The van der Waals surface area contributed by atoms with Gasteiger partial charge in [-0.3, -0.25) is 4.79 Å². The minimum absolute atomic E-state index is 0.292. The Kier molecular flexibility index (Phi) is 4.19. The van der Waals surface area contributed by atoms with Gasteiger partial charge >= 0.3 is 0 Å². The van der Waals surface area contributed by atoms with Crippen LogP contribution in [0.25, 0.3) is 0 Å². The quantitative estimate of drug-likeness (QED) is 0.545. The maximum atomic E-state index is 10.5. The third-order valence-corrected chi connectivity index (χ3v) is 1.31. The Balaban J connectivity index is 0.000000217. The first-order valence-corrected chi connectivity index (χ1v) is 5.48. The van der Waals surface area contributed by atoms with Crippen molar-refractivity contribution in [2.24, 2.45) is 5.14 Å². The molecule has 0 spiro atoms. The molecule has 0 bridgehead atoms. The summed E-state index contributed by atoms with van der Waals surface area (Å²) in [6, 6.07) is 0. The highest BCUT2D eigenvalue weighted by molar-refractivity contribution is 7.88. The average Bonchev–Trinajstić information content (AvgIpc) is 2.12. The number of rotatable bonds is 0. The van der Waals surface area contributed by atoms with Gasteiger partial charge in [-0.2, -0.15) is 0 Å². The van der Waals surface area contributed by atoms with E-state index in [1.165, 1.54) is 0 Å². The summed E-state index contributed by atoms with van der Waals surface area (Å²) < 4.78 is 18.8. The molecule has 0 radical (unpaired) electrons. The van der Waals surface area contributed by atoms with Crippen LogP contribution in [0, 0.1) is 0 Å². The lowest BCUT2D eigenvalue weighted by atomic mass is 10.4. The Hall–Kier alpha value is -0.620. The lowest BCUT2D eigenvalue weighted by Crippen LogP contribution is -2.17. The summed E-state index contributed by atoms with van der Waals surface area (Å²) in [5.74, 6) is 0.292. The molecule has 0 atom stereocenters. The molecule has 0 saturated carbocycles. The number of primary sulfonamides is 1. The first kappa shape index (κ1) is 11.4. The van der Waals surface area contributed by atoms with Gasteiger partial charge in [0.05, 0.1) is 6.26 Å². The first-order valence-electron chi connectivity index (χ1n) is 3.52. The van der Waals surface area contributed by atoms with Gasteiger partial charge in [0, 0.05) is 20.0 Å². The Bertz CT molecular complexity index is 240. The van der Waals surface area contributed by atoms with Crippen molar-refractivity contribution in [2.75, 3.05) is 19.8 Å². The van der Waals surface area contributed by atoms with Gasteiger partial charge in [0.1, 0.15) is 0 Å². The van der Waals surface area contributed by atoms with Crippen LogP contribution in [-0.2, 0) is 14.8 Å². The van der Waals surface area contributed by atoms with Crippen LogP contribution in [-0.4, -0.2) is 39.1 Å². The van der Waals surface area contributed by atoms with Gasteiger partial charge in [0.15, 0.2) is 0 Å². The van der Waals surface area contributed by atoms with Crippen molar-refractivity contribution in [1.29, 1.82) is 0 Å². The molecule has 1 rings (SSSR count). The van der Waals surface area contributed by atoms with E-state index in [1.807, 2.05) is 7.05 Å². The van der Waals surface area contributed by atoms with Gasteiger partial charge in [-0.05, 0) is 6.42 Å². The van der Waals surface area contributed by atoms with Gasteiger partial charge in [-0.25, -0.2) is 13.6 Å². The fraction of sp³-hybridized carbons (Fsp3) is 0.833. The molecule has 12 heavy (non-hydrogen) atoms. The van der Waals surface area contributed by atoms with E-state index in [0.717, 1.165) is 25.6 Å². The first-order chi connectivity index (χ1) is 5.30. The van der Waals surface area contributed by atoms with Crippen LogP contribution in [0.2, 0.25) is 0 Å². The van der Waals surface area contributed by atoms with Crippen molar-refractivity contribution in [2.45, 2.75) is 12.8 Å². The van der Waals surface area contributed by atoms with Crippen LogP contribution >= 0.6 is 0 Å². The third-order valence-electron chi connectivity index (χ3n) is 1.31. The number of amides is 1. The summed E-state index contributed by atoms with van der Waals surface area (Å²) in [6.07, 6.45) is 2.75. The highest BCUT2D eigenvalue weighted by Gasteiger charge is 2.14. The van der Waals surface area contributed by atoms with E-state index >= 15 is 0 Å². The molecule has 5 nitrogen and oxygen atoms in total. The maximum Gasteiger partial charge on any atom is 0.222 e. The molecule has 72 valence electrons. The van der Waals surface area contributed by atoms with Crippen LogP contribution < -0.4 is 5.14 Å². The molecule has 6 heteroatoms. The Morgan fingerprint density at radius 2 is 1.92 bits per heavy atom. The lowest BCUT2D eigenvalue weighted by molar-refractivity contribution is -0.126. The van der Waals surface area contributed by atoms with E-state index in [1.54, 1.807) is 4.90 Å². The fourth-order valence-electron chi connectivity index (χ4n) is 0.783. The van der Waals surface area contributed by atoms with E-state index in [4.69, 9.17) is 0 Å². The monoisotopic (exact) mass is 194 g/mol. The van der Waals surface area contributed by atoms with Crippen molar-refractivity contribution in [1.82, 2.24) is 4.90 Å². The second kappa shape index (κ2) is 4.42. The molecule has 0 aromatic heterocycles. The van der Waals surface area contributed by atoms with Crippen molar-refractivity contribution in [3.8, 4) is 0 Å². The van der Waals surface area contributed by atoms with Crippen molar-refractivity contribution < 1.29 is 13.2 Å². The average molecular weight is 194 g/mol.